The van der Waals surface area contributed by atoms with Crippen LogP contribution in [0.1, 0.15) is 17.2 Å². The molecule has 3 aromatic rings. The van der Waals surface area contributed by atoms with Gasteiger partial charge in [-0.15, -0.1) is 0 Å². The van der Waals surface area contributed by atoms with E-state index in [-0.39, 0.29) is 6.10 Å². The van der Waals surface area contributed by atoms with Crippen LogP contribution in [0.3, 0.4) is 0 Å². The van der Waals surface area contributed by atoms with Gasteiger partial charge in [0.05, 0.1) is 32.9 Å². The molecule has 2 heterocycles. The number of hydrogen-bond donors (Lipinski definition) is 0. The van der Waals surface area contributed by atoms with E-state index in [1.807, 2.05) is 30.6 Å². The molecule has 26 heavy (non-hydrogen) atoms. The summed E-state index contributed by atoms with van der Waals surface area (Å²) in [5.74, 6) is 2.22. The first-order chi connectivity index (χ1) is 12.8. The van der Waals surface area contributed by atoms with Gasteiger partial charge in [-0.2, -0.15) is 0 Å². The Bertz CT molecular complexity index is 904. The quantitative estimate of drug-likeness (QED) is 0.700. The number of rotatable bonds is 5. The van der Waals surface area contributed by atoms with Crippen molar-refractivity contribution in [1.29, 1.82) is 0 Å². The second-order valence-corrected chi connectivity index (χ2v) is 6.25. The fourth-order valence-corrected chi connectivity index (χ4v) is 3.57. The number of para-hydroxylation sites is 1. The van der Waals surface area contributed by atoms with Crippen LogP contribution in [0.5, 0.6) is 11.5 Å². The number of benzene rings is 2. The summed E-state index contributed by atoms with van der Waals surface area (Å²) >= 11 is 0. The van der Waals surface area contributed by atoms with E-state index >= 15 is 0 Å². The molecule has 5 nitrogen and oxygen atoms in total. The largest absolute Gasteiger partial charge is 0.493 e. The Kier molecular flexibility index (Phi) is 4.63. The van der Waals surface area contributed by atoms with E-state index < -0.39 is 0 Å². The predicted molar refractivity (Wildman–Crippen MR) is 99.6 cm³/mol. The predicted octanol–water partition coefficient (Wildman–Crippen LogP) is 3.88. The van der Waals surface area contributed by atoms with Crippen LogP contribution < -0.4 is 9.47 Å². The van der Waals surface area contributed by atoms with E-state index in [2.05, 4.69) is 33.8 Å². The minimum Gasteiger partial charge on any atom is -0.493 e. The summed E-state index contributed by atoms with van der Waals surface area (Å²) in [6.45, 7) is 1.45. The molecular formula is C21H22N2O3. The van der Waals surface area contributed by atoms with E-state index in [4.69, 9.17) is 14.2 Å². The SMILES string of the molecule is COc1cccc(-c2nccn2C[C@@H]2OCCc3ccccc32)c1OC. The monoisotopic (exact) mass is 350 g/mol. The van der Waals surface area contributed by atoms with Crippen LogP contribution in [-0.2, 0) is 17.7 Å². The van der Waals surface area contributed by atoms with Crippen LogP contribution in [0.2, 0.25) is 0 Å². The summed E-state index contributed by atoms with van der Waals surface area (Å²) in [4.78, 5) is 4.56. The van der Waals surface area contributed by atoms with Gasteiger partial charge in [0.25, 0.3) is 0 Å². The first kappa shape index (κ1) is 16.7. The Balaban J connectivity index is 1.70. The van der Waals surface area contributed by atoms with Crippen molar-refractivity contribution < 1.29 is 14.2 Å². The molecule has 0 radical (unpaired) electrons. The van der Waals surface area contributed by atoms with Crippen molar-refractivity contribution in [1.82, 2.24) is 9.55 Å². The Morgan fingerprint density at radius 2 is 2.00 bits per heavy atom. The Hall–Kier alpha value is -2.79. The van der Waals surface area contributed by atoms with Gasteiger partial charge in [-0.3, -0.25) is 0 Å². The number of fused-ring (bicyclic) bond motifs is 1. The molecule has 2 aromatic carbocycles. The van der Waals surface area contributed by atoms with Gasteiger partial charge in [0.15, 0.2) is 11.5 Å². The topological polar surface area (TPSA) is 45.5 Å². The van der Waals surface area contributed by atoms with Crippen molar-refractivity contribution >= 4 is 0 Å². The molecule has 0 saturated carbocycles. The molecule has 4 rings (SSSR count). The van der Waals surface area contributed by atoms with Crippen LogP contribution in [0.25, 0.3) is 11.4 Å². The normalized spacial score (nSPS) is 16.2. The molecule has 0 N–H and O–H groups in total. The maximum atomic E-state index is 6.07. The molecular weight excluding hydrogens is 328 g/mol. The Labute approximate surface area is 153 Å². The highest BCUT2D eigenvalue weighted by Crippen LogP contribution is 2.38. The molecule has 0 saturated heterocycles. The van der Waals surface area contributed by atoms with Gasteiger partial charge in [-0.1, -0.05) is 30.3 Å². The lowest BCUT2D eigenvalue weighted by Crippen LogP contribution is -2.20. The molecule has 1 aliphatic rings. The fourth-order valence-electron chi connectivity index (χ4n) is 3.57. The standard InChI is InChI=1S/C21H22N2O3/c1-24-18-9-5-8-17(20(18)25-2)21-22-11-12-23(21)14-19-16-7-4-3-6-15(16)10-13-26-19/h3-9,11-12,19H,10,13-14H2,1-2H3/t19-/m0/s1. The molecule has 0 aliphatic carbocycles. The highest BCUT2D eigenvalue weighted by Gasteiger charge is 2.23. The third-order valence-corrected chi connectivity index (χ3v) is 4.81. The molecule has 0 bridgehead atoms. The minimum absolute atomic E-state index is 0.0181. The molecule has 5 heteroatoms. The number of methoxy groups -OCH3 is 2. The third-order valence-electron chi connectivity index (χ3n) is 4.81. The zero-order chi connectivity index (χ0) is 17.9. The maximum absolute atomic E-state index is 6.07. The summed E-state index contributed by atoms with van der Waals surface area (Å²) in [6.07, 6.45) is 4.77. The lowest BCUT2D eigenvalue weighted by molar-refractivity contribution is 0.0309. The first-order valence-electron chi connectivity index (χ1n) is 8.73. The van der Waals surface area contributed by atoms with Crippen LogP contribution >= 0.6 is 0 Å². The number of ether oxygens (including phenoxy) is 3. The van der Waals surface area contributed by atoms with Crippen LogP contribution in [-0.4, -0.2) is 30.4 Å². The van der Waals surface area contributed by atoms with Gasteiger partial charge in [-0.05, 0) is 29.7 Å². The molecule has 0 unspecified atom stereocenters. The van der Waals surface area contributed by atoms with Crippen molar-refractivity contribution in [3.63, 3.8) is 0 Å². The summed E-state index contributed by atoms with van der Waals surface area (Å²) in [7, 11) is 3.29. The maximum Gasteiger partial charge on any atom is 0.171 e. The lowest BCUT2D eigenvalue weighted by atomic mass is 9.97. The highest BCUT2D eigenvalue weighted by atomic mass is 16.5. The van der Waals surface area contributed by atoms with Crippen molar-refractivity contribution in [2.24, 2.45) is 0 Å². The number of imidazole rings is 1. The molecule has 1 aliphatic heterocycles. The zero-order valence-corrected chi connectivity index (χ0v) is 15.0. The second-order valence-electron chi connectivity index (χ2n) is 6.25. The molecule has 0 spiro atoms. The smallest absolute Gasteiger partial charge is 0.171 e. The second kappa shape index (κ2) is 7.22. The first-order valence-corrected chi connectivity index (χ1v) is 8.73. The van der Waals surface area contributed by atoms with Gasteiger partial charge in [0, 0.05) is 12.4 Å². The number of nitrogens with zero attached hydrogens (tertiary/aromatic N) is 2. The Morgan fingerprint density at radius 1 is 1.12 bits per heavy atom. The average Bonchev–Trinajstić information content (AvgIpc) is 3.15. The van der Waals surface area contributed by atoms with E-state index in [1.54, 1.807) is 14.2 Å². The molecule has 1 atom stereocenters. The molecule has 0 amide bonds. The summed E-state index contributed by atoms with van der Waals surface area (Å²) in [6, 6.07) is 14.3. The van der Waals surface area contributed by atoms with Crippen molar-refractivity contribution in [2.75, 3.05) is 20.8 Å². The van der Waals surface area contributed by atoms with Crippen molar-refractivity contribution in [3.05, 3.63) is 66.0 Å². The van der Waals surface area contributed by atoms with Crippen molar-refractivity contribution in [2.45, 2.75) is 19.1 Å². The fraction of sp³-hybridized carbons (Fsp3) is 0.286. The van der Waals surface area contributed by atoms with Gasteiger partial charge < -0.3 is 18.8 Å². The van der Waals surface area contributed by atoms with Gasteiger partial charge in [0.1, 0.15) is 11.9 Å². The van der Waals surface area contributed by atoms with Gasteiger partial charge in [-0.25, -0.2) is 4.98 Å². The van der Waals surface area contributed by atoms with Crippen molar-refractivity contribution in [3.8, 4) is 22.9 Å². The summed E-state index contributed by atoms with van der Waals surface area (Å²) in [5.41, 5.74) is 3.53. The zero-order valence-electron chi connectivity index (χ0n) is 15.0. The molecule has 134 valence electrons. The van der Waals surface area contributed by atoms with Crippen LogP contribution in [0, 0.1) is 0 Å². The third kappa shape index (κ3) is 2.95. The average molecular weight is 350 g/mol. The molecule has 0 fully saturated rings. The number of aromatic nitrogens is 2. The lowest BCUT2D eigenvalue weighted by Gasteiger charge is -2.27. The van der Waals surface area contributed by atoms with E-state index in [0.29, 0.717) is 18.0 Å². The Morgan fingerprint density at radius 3 is 2.85 bits per heavy atom. The molecule has 1 aromatic heterocycles. The van der Waals surface area contributed by atoms with E-state index in [9.17, 15) is 0 Å². The van der Waals surface area contributed by atoms with Gasteiger partial charge in [0.2, 0.25) is 0 Å². The van der Waals surface area contributed by atoms with Crippen LogP contribution in [0.15, 0.2) is 54.9 Å². The minimum atomic E-state index is 0.0181. The van der Waals surface area contributed by atoms with E-state index in [0.717, 1.165) is 24.4 Å². The highest BCUT2D eigenvalue weighted by molar-refractivity contribution is 5.69. The van der Waals surface area contributed by atoms with E-state index in [1.165, 1.54) is 11.1 Å². The summed E-state index contributed by atoms with van der Waals surface area (Å²) < 4.78 is 19.2. The van der Waals surface area contributed by atoms with Crippen LogP contribution in [0.4, 0.5) is 0 Å². The number of hydrogen-bond acceptors (Lipinski definition) is 4. The summed E-state index contributed by atoms with van der Waals surface area (Å²) in [5, 5.41) is 0. The van der Waals surface area contributed by atoms with Gasteiger partial charge >= 0.3 is 0 Å².